The van der Waals surface area contributed by atoms with Crippen molar-refractivity contribution in [2.24, 2.45) is 5.92 Å². The summed E-state index contributed by atoms with van der Waals surface area (Å²) in [5, 5.41) is 8.63. The molecule has 1 N–H and O–H groups in total. The Bertz CT molecular complexity index is 566. The highest BCUT2D eigenvalue weighted by molar-refractivity contribution is 9.10. The molecule has 0 aliphatic rings. The highest BCUT2D eigenvalue weighted by Crippen LogP contribution is 2.27. The maximum atomic E-state index is 12.1. The number of nitriles is 1. The summed E-state index contributed by atoms with van der Waals surface area (Å²) in [5.41, 5.74) is 0. The Kier molecular flexibility index (Phi) is 5.14. The number of halogens is 1. The van der Waals surface area contributed by atoms with Gasteiger partial charge < -0.3 is 4.74 Å². The van der Waals surface area contributed by atoms with E-state index in [-0.39, 0.29) is 17.2 Å². The number of hydrogen-bond donors (Lipinski definition) is 1. The Morgan fingerprint density at radius 3 is 2.78 bits per heavy atom. The van der Waals surface area contributed by atoms with Gasteiger partial charge in [0, 0.05) is 11.0 Å². The van der Waals surface area contributed by atoms with Crippen molar-refractivity contribution in [2.45, 2.75) is 11.8 Å². The van der Waals surface area contributed by atoms with Gasteiger partial charge in [-0.15, -0.1) is 0 Å². The molecule has 98 valence electrons. The van der Waals surface area contributed by atoms with Crippen molar-refractivity contribution in [3.63, 3.8) is 0 Å². The van der Waals surface area contributed by atoms with E-state index >= 15 is 0 Å². The molecule has 5 nitrogen and oxygen atoms in total. The number of nitrogens with zero attached hydrogens (tertiary/aromatic N) is 1. The monoisotopic (exact) mass is 332 g/mol. The van der Waals surface area contributed by atoms with E-state index in [1.807, 2.05) is 6.07 Å². The molecule has 0 heterocycles. The zero-order valence-corrected chi connectivity index (χ0v) is 12.4. The highest BCUT2D eigenvalue weighted by atomic mass is 79.9. The van der Waals surface area contributed by atoms with Crippen molar-refractivity contribution in [2.75, 3.05) is 13.7 Å². The summed E-state index contributed by atoms with van der Waals surface area (Å²) in [4.78, 5) is 0.0458. The van der Waals surface area contributed by atoms with Crippen LogP contribution >= 0.6 is 15.9 Å². The fourth-order valence-electron chi connectivity index (χ4n) is 1.22. The Labute approximate surface area is 115 Å². The SMILES string of the molecule is COc1ccc(Br)cc1S(=O)(=O)NCC(C)C#N. The van der Waals surface area contributed by atoms with Crippen LogP contribution < -0.4 is 9.46 Å². The Morgan fingerprint density at radius 1 is 1.56 bits per heavy atom. The van der Waals surface area contributed by atoms with Crippen LogP contribution in [-0.2, 0) is 10.0 Å². The van der Waals surface area contributed by atoms with Crippen LogP contribution in [0.3, 0.4) is 0 Å². The lowest BCUT2D eigenvalue weighted by atomic mass is 10.2. The molecule has 0 bridgehead atoms. The van der Waals surface area contributed by atoms with Crippen molar-refractivity contribution in [1.82, 2.24) is 4.72 Å². The first-order chi connectivity index (χ1) is 8.40. The smallest absolute Gasteiger partial charge is 0.244 e. The normalized spacial score (nSPS) is 12.8. The Balaban J connectivity index is 3.05. The molecule has 0 spiro atoms. The van der Waals surface area contributed by atoms with E-state index < -0.39 is 15.9 Å². The Hall–Kier alpha value is -1.10. The van der Waals surface area contributed by atoms with Gasteiger partial charge in [0.05, 0.1) is 19.1 Å². The number of nitrogens with one attached hydrogen (secondary N) is 1. The molecule has 0 aromatic heterocycles. The molecule has 7 heteroatoms. The van der Waals surface area contributed by atoms with E-state index in [4.69, 9.17) is 10.00 Å². The third kappa shape index (κ3) is 3.70. The summed E-state index contributed by atoms with van der Waals surface area (Å²) in [7, 11) is -2.28. The maximum absolute atomic E-state index is 12.1. The first-order valence-electron chi connectivity index (χ1n) is 5.13. The highest BCUT2D eigenvalue weighted by Gasteiger charge is 2.20. The van der Waals surface area contributed by atoms with Gasteiger partial charge in [0.15, 0.2) is 0 Å². The fourth-order valence-corrected chi connectivity index (χ4v) is 3.05. The molecule has 0 saturated carbocycles. The van der Waals surface area contributed by atoms with Crippen LogP contribution in [0.25, 0.3) is 0 Å². The van der Waals surface area contributed by atoms with E-state index in [0.29, 0.717) is 4.47 Å². The molecule has 0 radical (unpaired) electrons. The second-order valence-electron chi connectivity index (χ2n) is 3.68. The van der Waals surface area contributed by atoms with Crippen LogP contribution in [0.15, 0.2) is 27.6 Å². The van der Waals surface area contributed by atoms with Gasteiger partial charge in [0.25, 0.3) is 0 Å². The minimum Gasteiger partial charge on any atom is -0.495 e. The Morgan fingerprint density at radius 2 is 2.22 bits per heavy atom. The number of ether oxygens (including phenoxy) is 1. The molecule has 18 heavy (non-hydrogen) atoms. The van der Waals surface area contributed by atoms with E-state index in [2.05, 4.69) is 20.7 Å². The minimum absolute atomic E-state index is 0.0458. The summed E-state index contributed by atoms with van der Waals surface area (Å²) < 4.78 is 32.2. The summed E-state index contributed by atoms with van der Waals surface area (Å²) in [5.74, 6) is -0.131. The van der Waals surface area contributed by atoms with Crippen molar-refractivity contribution in [3.05, 3.63) is 22.7 Å². The van der Waals surface area contributed by atoms with Gasteiger partial charge in [0.2, 0.25) is 10.0 Å². The van der Waals surface area contributed by atoms with Crippen molar-refractivity contribution < 1.29 is 13.2 Å². The van der Waals surface area contributed by atoms with E-state index in [9.17, 15) is 8.42 Å². The average Bonchev–Trinajstić information content (AvgIpc) is 2.36. The van der Waals surface area contributed by atoms with Gasteiger partial charge in [-0.2, -0.15) is 5.26 Å². The van der Waals surface area contributed by atoms with Gasteiger partial charge in [-0.1, -0.05) is 15.9 Å². The van der Waals surface area contributed by atoms with E-state index in [0.717, 1.165) is 0 Å². The summed E-state index contributed by atoms with van der Waals surface area (Å²) in [6, 6.07) is 6.67. The largest absolute Gasteiger partial charge is 0.495 e. The first-order valence-corrected chi connectivity index (χ1v) is 7.41. The van der Waals surface area contributed by atoms with Crippen LogP contribution in [0.5, 0.6) is 5.75 Å². The van der Waals surface area contributed by atoms with Gasteiger partial charge in [-0.25, -0.2) is 13.1 Å². The minimum atomic E-state index is -3.69. The standard InChI is InChI=1S/C11H13BrN2O3S/c1-8(6-13)7-14-18(15,16)11-5-9(12)3-4-10(11)17-2/h3-5,8,14H,7H2,1-2H3. The lowest BCUT2D eigenvalue weighted by Crippen LogP contribution is -2.28. The number of rotatable bonds is 5. The molecular formula is C11H13BrN2O3S. The molecule has 0 saturated heterocycles. The van der Waals surface area contributed by atoms with Crippen molar-refractivity contribution in [3.8, 4) is 11.8 Å². The first kappa shape index (κ1) is 15.0. The molecule has 1 rings (SSSR count). The maximum Gasteiger partial charge on any atom is 0.244 e. The number of hydrogen-bond acceptors (Lipinski definition) is 4. The molecule has 0 fully saturated rings. The third-order valence-corrected chi connectivity index (χ3v) is 4.15. The number of methoxy groups -OCH3 is 1. The summed E-state index contributed by atoms with van der Waals surface area (Å²) >= 11 is 3.21. The van der Waals surface area contributed by atoms with Crippen molar-refractivity contribution >= 4 is 26.0 Å². The second kappa shape index (κ2) is 6.18. The topological polar surface area (TPSA) is 79.2 Å². The van der Waals surface area contributed by atoms with Gasteiger partial charge in [-0.3, -0.25) is 0 Å². The summed E-state index contributed by atoms with van der Waals surface area (Å²) in [6.07, 6.45) is 0. The van der Waals surface area contributed by atoms with Gasteiger partial charge >= 0.3 is 0 Å². The van der Waals surface area contributed by atoms with Crippen LogP contribution in [0, 0.1) is 17.2 Å². The zero-order chi connectivity index (χ0) is 13.8. The third-order valence-electron chi connectivity index (χ3n) is 2.22. The van der Waals surface area contributed by atoms with Crippen LogP contribution in [-0.4, -0.2) is 22.1 Å². The quantitative estimate of drug-likeness (QED) is 0.892. The molecule has 1 aromatic carbocycles. The lowest BCUT2D eigenvalue weighted by molar-refractivity contribution is 0.402. The molecule has 0 amide bonds. The fraction of sp³-hybridized carbons (Fsp3) is 0.364. The van der Waals surface area contributed by atoms with Crippen LogP contribution in [0.4, 0.5) is 0 Å². The lowest BCUT2D eigenvalue weighted by Gasteiger charge is -2.11. The van der Waals surface area contributed by atoms with E-state index in [1.165, 1.54) is 13.2 Å². The molecule has 1 aromatic rings. The van der Waals surface area contributed by atoms with Crippen LogP contribution in [0.1, 0.15) is 6.92 Å². The number of sulfonamides is 1. The molecule has 1 atom stereocenters. The van der Waals surface area contributed by atoms with E-state index in [1.54, 1.807) is 19.1 Å². The zero-order valence-electron chi connectivity index (χ0n) is 9.97. The summed E-state index contributed by atoms with van der Waals surface area (Å²) in [6.45, 7) is 1.70. The second-order valence-corrected chi connectivity index (χ2v) is 6.33. The molecule has 1 unspecified atom stereocenters. The number of benzene rings is 1. The average molecular weight is 333 g/mol. The van der Waals surface area contributed by atoms with Crippen molar-refractivity contribution in [1.29, 1.82) is 5.26 Å². The van der Waals surface area contributed by atoms with Gasteiger partial charge in [0.1, 0.15) is 10.6 Å². The molecule has 0 aliphatic carbocycles. The van der Waals surface area contributed by atoms with Crippen LogP contribution in [0.2, 0.25) is 0 Å². The predicted molar refractivity (Wildman–Crippen MR) is 70.7 cm³/mol. The predicted octanol–water partition coefficient (Wildman–Crippen LogP) is 1.90. The van der Waals surface area contributed by atoms with Gasteiger partial charge in [-0.05, 0) is 25.1 Å². The molecule has 0 aliphatic heterocycles. The molecular weight excluding hydrogens is 320 g/mol.